The van der Waals surface area contributed by atoms with Gasteiger partial charge in [0.2, 0.25) is 11.8 Å². The van der Waals surface area contributed by atoms with Crippen LogP contribution < -0.4 is 16.0 Å². The van der Waals surface area contributed by atoms with Crippen molar-refractivity contribution in [2.45, 2.75) is 59.0 Å². The molecule has 0 aromatic heterocycles. The Morgan fingerprint density at radius 1 is 1.13 bits per heavy atom. The van der Waals surface area contributed by atoms with Crippen LogP contribution in [0, 0.1) is 0 Å². The van der Waals surface area contributed by atoms with Crippen LogP contribution in [0.3, 0.4) is 0 Å². The lowest BCUT2D eigenvalue weighted by atomic mass is 10.0. The molecule has 1 aromatic carbocycles. The lowest BCUT2D eigenvalue weighted by molar-refractivity contribution is -0.136. The smallest absolute Gasteiger partial charge is 0.319 e. The number of piperidine rings is 1. The summed E-state index contributed by atoms with van der Waals surface area (Å²) >= 11 is 0. The molecule has 1 unspecified atom stereocenters. The first kappa shape index (κ1) is 30.9. The number of carbonyl (C=O) groups excluding carboxylic acids is 5. The van der Waals surface area contributed by atoms with Crippen molar-refractivity contribution in [1.29, 1.82) is 0 Å². The number of allylic oxidation sites excluding steroid dienone is 3. The van der Waals surface area contributed by atoms with E-state index in [1.807, 2.05) is 26.0 Å². The van der Waals surface area contributed by atoms with Crippen LogP contribution in [0.25, 0.3) is 0 Å². The van der Waals surface area contributed by atoms with Gasteiger partial charge in [0.15, 0.2) is 0 Å². The molecule has 1 atom stereocenters. The standard InChI is InChI=1S/C26H33N4O5P.C2H6/c1-5-7-8-9-18(16-36(3,4)6-2)28-26(35)27-15-17-10-11-19-20(14-17)25(34)30(24(19)33)21-12-13-22(31)29-23(21)32;1-2/h5,9-11,14,21H,1,6-8,12-13,15-16H2,2-4H3,(H2-,27,28,29,31,32,35);1-2H3/p+1/b18-9+;. The van der Waals surface area contributed by atoms with Gasteiger partial charge in [0, 0.05) is 33.6 Å². The molecule has 0 spiro atoms. The summed E-state index contributed by atoms with van der Waals surface area (Å²) in [5, 5.41) is 7.97. The van der Waals surface area contributed by atoms with E-state index in [-0.39, 0.29) is 36.5 Å². The summed E-state index contributed by atoms with van der Waals surface area (Å²) in [7, 11) is -1.17. The zero-order valence-corrected chi connectivity index (χ0v) is 24.0. The first-order valence-electron chi connectivity index (χ1n) is 13.1. The second-order valence-electron chi connectivity index (χ2n) is 9.64. The van der Waals surface area contributed by atoms with Crippen molar-refractivity contribution < 1.29 is 24.0 Å². The molecule has 38 heavy (non-hydrogen) atoms. The molecule has 1 fully saturated rings. The summed E-state index contributed by atoms with van der Waals surface area (Å²) in [6.45, 7) is 14.6. The number of unbranched alkanes of at least 4 members (excludes halogenated alkanes) is 1. The Morgan fingerprint density at radius 3 is 2.45 bits per heavy atom. The number of fused-ring (bicyclic) bond motifs is 1. The molecule has 2 heterocycles. The van der Waals surface area contributed by atoms with Crippen LogP contribution in [0.2, 0.25) is 0 Å². The van der Waals surface area contributed by atoms with E-state index in [0.29, 0.717) is 5.56 Å². The van der Waals surface area contributed by atoms with Gasteiger partial charge in [-0.15, -0.1) is 6.58 Å². The normalized spacial score (nSPS) is 17.3. The summed E-state index contributed by atoms with van der Waals surface area (Å²) in [4.78, 5) is 63.0. The molecule has 1 aromatic rings. The van der Waals surface area contributed by atoms with Gasteiger partial charge in [0.1, 0.15) is 6.04 Å². The zero-order chi connectivity index (χ0) is 28.5. The molecule has 9 nitrogen and oxygen atoms in total. The third-order valence-electron chi connectivity index (χ3n) is 6.45. The molecule has 0 radical (unpaired) electrons. The maximum absolute atomic E-state index is 13.0. The van der Waals surface area contributed by atoms with Gasteiger partial charge in [-0.2, -0.15) is 0 Å². The van der Waals surface area contributed by atoms with E-state index in [2.05, 4.69) is 42.8 Å². The SMILES string of the molecule is C=CCC/C=C(\C[P+](C)(C)CC)NC(=O)NCc1ccc2c(c1)C(=O)N(C1CCC(=O)NC1=O)C2=O.CC. The average molecular weight is 544 g/mol. The second-order valence-corrected chi connectivity index (χ2v) is 14.5. The quantitative estimate of drug-likeness (QED) is 0.178. The van der Waals surface area contributed by atoms with Crippen molar-refractivity contribution in [3.63, 3.8) is 0 Å². The lowest BCUT2D eigenvalue weighted by Crippen LogP contribution is -2.54. The highest BCUT2D eigenvalue weighted by molar-refractivity contribution is 7.74. The van der Waals surface area contributed by atoms with Crippen LogP contribution >= 0.6 is 7.26 Å². The predicted molar refractivity (Wildman–Crippen MR) is 152 cm³/mol. The van der Waals surface area contributed by atoms with Crippen molar-refractivity contribution in [3.05, 3.63) is 59.3 Å². The van der Waals surface area contributed by atoms with Crippen LogP contribution in [0.5, 0.6) is 0 Å². The molecule has 2 aliphatic rings. The zero-order valence-electron chi connectivity index (χ0n) is 23.1. The number of rotatable bonds is 10. The number of nitrogens with zero attached hydrogens (tertiary/aromatic N) is 1. The molecule has 0 saturated carbocycles. The Morgan fingerprint density at radius 2 is 1.82 bits per heavy atom. The van der Waals surface area contributed by atoms with Crippen LogP contribution in [0.15, 0.2) is 42.6 Å². The summed E-state index contributed by atoms with van der Waals surface area (Å²) in [5.41, 5.74) is 1.93. The van der Waals surface area contributed by atoms with Crippen LogP contribution in [0.1, 0.15) is 72.7 Å². The van der Waals surface area contributed by atoms with Crippen molar-refractivity contribution in [1.82, 2.24) is 20.9 Å². The predicted octanol–water partition coefficient (Wildman–Crippen LogP) is 4.06. The van der Waals surface area contributed by atoms with Gasteiger partial charge in [-0.3, -0.25) is 29.4 Å². The van der Waals surface area contributed by atoms with Gasteiger partial charge in [-0.05, 0) is 43.9 Å². The van der Waals surface area contributed by atoms with Gasteiger partial charge in [0.05, 0.1) is 29.1 Å². The fourth-order valence-electron chi connectivity index (χ4n) is 4.10. The van der Waals surface area contributed by atoms with Crippen molar-refractivity contribution in [2.24, 2.45) is 0 Å². The van der Waals surface area contributed by atoms with Crippen LogP contribution in [-0.2, 0) is 16.1 Å². The largest absolute Gasteiger partial charge is 0.334 e. The fraction of sp³-hybridized carbons (Fsp3) is 0.464. The minimum Gasteiger partial charge on any atom is -0.334 e. The van der Waals surface area contributed by atoms with Gasteiger partial charge in [0.25, 0.3) is 11.8 Å². The second kappa shape index (κ2) is 14.0. The molecule has 1 saturated heterocycles. The van der Waals surface area contributed by atoms with Crippen LogP contribution in [0.4, 0.5) is 4.79 Å². The van der Waals surface area contributed by atoms with E-state index in [1.165, 1.54) is 6.07 Å². The average Bonchev–Trinajstić information content (AvgIpc) is 3.13. The van der Waals surface area contributed by atoms with Crippen LogP contribution in [-0.4, -0.2) is 66.3 Å². The summed E-state index contributed by atoms with van der Waals surface area (Å²) in [6.07, 6.45) is 7.59. The highest BCUT2D eigenvalue weighted by Crippen LogP contribution is 2.51. The fourth-order valence-corrected chi connectivity index (χ4v) is 5.46. The number of hydrogen-bond acceptors (Lipinski definition) is 5. The van der Waals surface area contributed by atoms with Gasteiger partial charge < -0.3 is 10.6 Å². The van der Waals surface area contributed by atoms with Crippen molar-refractivity contribution >= 4 is 36.9 Å². The maximum Gasteiger partial charge on any atom is 0.319 e. The Kier molecular flexibility index (Phi) is 11.4. The third-order valence-corrected chi connectivity index (χ3v) is 9.36. The van der Waals surface area contributed by atoms with Gasteiger partial charge >= 0.3 is 6.03 Å². The third kappa shape index (κ3) is 7.84. The van der Waals surface area contributed by atoms with E-state index in [4.69, 9.17) is 0 Å². The minimum atomic E-state index is -1.17. The van der Waals surface area contributed by atoms with E-state index >= 15 is 0 Å². The number of imide groups is 2. The molecule has 0 aliphatic carbocycles. The number of hydrogen-bond donors (Lipinski definition) is 3. The molecule has 10 heteroatoms. The van der Waals surface area contributed by atoms with Crippen molar-refractivity contribution in [3.8, 4) is 0 Å². The molecule has 3 N–H and O–H groups in total. The first-order chi connectivity index (χ1) is 18.1. The molecular formula is C28H40N4O5P+. The number of carbonyl (C=O) groups is 5. The summed E-state index contributed by atoms with van der Waals surface area (Å²) < 4.78 is 0. The van der Waals surface area contributed by atoms with E-state index < -0.39 is 36.9 Å². The molecule has 0 bridgehead atoms. The Hall–Kier alpha value is -3.32. The highest BCUT2D eigenvalue weighted by Gasteiger charge is 2.44. The summed E-state index contributed by atoms with van der Waals surface area (Å²) in [5.74, 6) is -2.20. The molecule has 2 aliphatic heterocycles. The Bertz CT molecular complexity index is 1130. The Labute approximate surface area is 225 Å². The highest BCUT2D eigenvalue weighted by atomic mass is 31.2. The molecule has 6 amide bonds. The van der Waals surface area contributed by atoms with E-state index in [1.54, 1.807) is 12.1 Å². The molecular weight excluding hydrogens is 503 g/mol. The van der Waals surface area contributed by atoms with E-state index in [0.717, 1.165) is 35.8 Å². The summed E-state index contributed by atoms with van der Waals surface area (Å²) in [6, 6.07) is 3.41. The Balaban J connectivity index is 0.00000247. The number of urea groups is 1. The van der Waals surface area contributed by atoms with Crippen molar-refractivity contribution in [2.75, 3.05) is 25.7 Å². The molecule has 3 rings (SSSR count). The number of nitrogens with one attached hydrogen (secondary N) is 3. The van der Waals surface area contributed by atoms with Gasteiger partial charge in [-0.1, -0.05) is 32.1 Å². The topological polar surface area (TPSA) is 125 Å². The monoisotopic (exact) mass is 543 g/mol. The van der Waals surface area contributed by atoms with E-state index in [9.17, 15) is 24.0 Å². The number of benzene rings is 1. The lowest BCUT2D eigenvalue weighted by Gasteiger charge is -2.27. The maximum atomic E-state index is 13.0. The first-order valence-corrected chi connectivity index (χ1v) is 16.1. The van der Waals surface area contributed by atoms with Gasteiger partial charge in [-0.25, -0.2) is 4.79 Å². The minimum absolute atomic E-state index is 0.0650. The number of amides is 6. The molecule has 206 valence electrons.